The van der Waals surface area contributed by atoms with Gasteiger partial charge in [-0.3, -0.25) is 0 Å². The molecular formula is C25H21NO. The van der Waals surface area contributed by atoms with Crippen molar-refractivity contribution < 1.29 is 5.11 Å². The monoisotopic (exact) mass is 351 g/mol. The summed E-state index contributed by atoms with van der Waals surface area (Å²) in [5, 5.41) is 10.9. The number of hydrogen-bond acceptors (Lipinski definition) is 2. The first-order valence-electron chi connectivity index (χ1n) is 8.98. The second-order valence-electron chi connectivity index (χ2n) is 6.62. The van der Waals surface area contributed by atoms with Crippen LogP contribution in [0.15, 0.2) is 109 Å². The standard InChI is InChI=1S/C25H21NO/c26-22-16-17-23(24(27)18-22)25(19-10-4-1-5-11-19,20-12-6-2-7-13-20)21-14-8-3-9-15-21/h1-18,27H,26H2. The Labute approximate surface area is 159 Å². The van der Waals surface area contributed by atoms with Crippen molar-refractivity contribution in [2.75, 3.05) is 5.73 Å². The highest BCUT2D eigenvalue weighted by Gasteiger charge is 2.40. The Balaban J connectivity index is 2.16. The molecule has 4 aromatic carbocycles. The average Bonchev–Trinajstić information content (AvgIpc) is 2.72. The van der Waals surface area contributed by atoms with Crippen molar-refractivity contribution in [1.29, 1.82) is 0 Å². The predicted octanol–water partition coefficient (Wildman–Crippen LogP) is 5.36. The Hall–Kier alpha value is -3.52. The molecule has 0 aliphatic carbocycles. The van der Waals surface area contributed by atoms with Crippen molar-refractivity contribution in [2.45, 2.75) is 5.41 Å². The van der Waals surface area contributed by atoms with Crippen LogP contribution >= 0.6 is 0 Å². The molecule has 2 heteroatoms. The van der Waals surface area contributed by atoms with Crippen LogP contribution in [0, 0.1) is 0 Å². The minimum Gasteiger partial charge on any atom is -0.508 e. The van der Waals surface area contributed by atoms with E-state index in [0.717, 1.165) is 22.3 Å². The van der Waals surface area contributed by atoms with Crippen LogP contribution in [-0.2, 0) is 5.41 Å². The molecule has 0 fully saturated rings. The summed E-state index contributed by atoms with van der Waals surface area (Å²) in [6.45, 7) is 0. The normalized spacial score (nSPS) is 11.3. The molecule has 0 radical (unpaired) electrons. The molecule has 0 heterocycles. The molecule has 0 amide bonds. The Kier molecular flexibility index (Phi) is 4.39. The fourth-order valence-electron chi connectivity index (χ4n) is 3.90. The van der Waals surface area contributed by atoms with Gasteiger partial charge in [0.2, 0.25) is 0 Å². The Morgan fingerprint density at radius 1 is 0.556 bits per heavy atom. The quantitative estimate of drug-likeness (QED) is 0.384. The Morgan fingerprint density at radius 3 is 1.33 bits per heavy atom. The van der Waals surface area contributed by atoms with Gasteiger partial charge < -0.3 is 10.8 Å². The summed E-state index contributed by atoms with van der Waals surface area (Å²) in [6, 6.07) is 36.3. The zero-order chi connectivity index (χ0) is 18.7. The van der Waals surface area contributed by atoms with E-state index in [2.05, 4.69) is 36.4 Å². The highest BCUT2D eigenvalue weighted by Crippen LogP contribution is 2.48. The minimum absolute atomic E-state index is 0.187. The van der Waals surface area contributed by atoms with Gasteiger partial charge >= 0.3 is 0 Å². The van der Waals surface area contributed by atoms with Crippen molar-refractivity contribution in [3.05, 3.63) is 131 Å². The number of benzene rings is 4. The maximum atomic E-state index is 10.9. The van der Waals surface area contributed by atoms with Crippen LogP contribution in [0.5, 0.6) is 5.75 Å². The number of rotatable bonds is 4. The lowest BCUT2D eigenvalue weighted by Crippen LogP contribution is -2.31. The van der Waals surface area contributed by atoms with Crippen LogP contribution in [0.3, 0.4) is 0 Å². The van der Waals surface area contributed by atoms with Crippen LogP contribution in [0.25, 0.3) is 0 Å². The van der Waals surface area contributed by atoms with E-state index in [1.807, 2.05) is 66.7 Å². The van der Waals surface area contributed by atoms with Crippen LogP contribution < -0.4 is 5.73 Å². The van der Waals surface area contributed by atoms with Crippen LogP contribution in [-0.4, -0.2) is 5.11 Å². The van der Waals surface area contributed by atoms with Gasteiger partial charge in [-0.05, 0) is 22.8 Å². The molecule has 0 aliphatic heterocycles. The summed E-state index contributed by atoms with van der Waals surface area (Å²) in [6.07, 6.45) is 0. The van der Waals surface area contributed by atoms with Gasteiger partial charge in [0, 0.05) is 17.3 Å². The van der Waals surface area contributed by atoms with Crippen molar-refractivity contribution in [1.82, 2.24) is 0 Å². The van der Waals surface area contributed by atoms with Gasteiger partial charge in [-0.25, -0.2) is 0 Å². The zero-order valence-corrected chi connectivity index (χ0v) is 14.9. The molecule has 4 rings (SSSR count). The summed E-state index contributed by atoms with van der Waals surface area (Å²) in [5.74, 6) is 0.187. The highest BCUT2D eigenvalue weighted by molar-refractivity contribution is 5.64. The number of nitrogens with two attached hydrogens (primary N) is 1. The molecule has 0 bridgehead atoms. The third kappa shape index (κ3) is 2.85. The van der Waals surface area contributed by atoms with Crippen molar-refractivity contribution in [3.63, 3.8) is 0 Å². The summed E-state index contributed by atoms with van der Waals surface area (Å²) >= 11 is 0. The fraction of sp³-hybridized carbons (Fsp3) is 0.0400. The van der Waals surface area contributed by atoms with E-state index in [1.165, 1.54) is 0 Å². The van der Waals surface area contributed by atoms with Crippen molar-refractivity contribution in [3.8, 4) is 5.75 Å². The van der Waals surface area contributed by atoms with E-state index < -0.39 is 5.41 Å². The smallest absolute Gasteiger partial charge is 0.122 e. The summed E-state index contributed by atoms with van der Waals surface area (Å²) in [5.41, 5.74) is 9.88. The van der Waals surface area contributed by atoms with Gasteiger partial charge in [0.05, 0.1) is 5.41 Å². The van der Waals surface area contributed by atoms with Crippen molar-refractivity contribution >= 4 is 5.69 Å². The molecule has 0 spiro atoms. The lowest BCUT2D eigenvalue weighted by molar-refractivity contribution is 0.461. The lowest BCUT2D eigenvalue weighted by Gasteiger charge is -2.37. The summed E-state index contributed by atoms with van der Waals surface area (Å²) in [7, 11) is 0. The van der Waals surface area contributed by atoms with Crippen LogP contribution in [0.1, 0.15) is 22.3 Å². The average molecular weight is 351 g/mol. The minimum atomic E-state index is -0.651. The summed E-state index contributed by atoms with van der Waals surface area (Å²) < 4.78 is 0. The Bertz CT molecular complexity index is 931. The SMILES string of the molecule is Nc1ccc(C(c2ccccc2)(c2ccccc2)c2ccccc2)c(O)c1. The number of nitrogen functional groups attached to an aromatic ring is 1. The van der Waals surface area contributed by atoms with Crippen LogP contribution in [0.2, 0.25) is 0 Å². The van der Waals surface area contributed by atoms with Gasteiger partial charge in [0.25, 0.3) is 0 Å². The molecule has 0 saturated carbocycles. The first-order valence-corrected chi connectivity index (χ1v) is 8.98. The molecule has 0 aromatic heterocycles. The molecule has 132 valence electrons. The molecule has 3 N–H and O–H groups in total. The van der Waals surface area contributed by atoms with E-state index >= 15 is 0 Å². The third-order valence-corrected chi connectivity index (χ3v) is 5.05. The number of aromatic hydroxyl groups is 1. The van der Waals surface area contributed by atoms with E-state index in [4.69, 9.17) is 5.73 Å². The fourth-order valence-corrected chi connectivity index (χ4v) is 3.90. The maximum absolute atomic E-state index is 10.9. The van der Waals surface area contributed by atoms with Crippen molar-refractivity contribution in [2.24, 2.45) is 0 Å². The van der Waals surface area contributed by atoms with Crippen LogP contribution in [0.4, 0.5) is 5.69 Å². The molecular weight excluding hydrogens is 330 g/mol. The van der Waals surface area contributed by atoms with E-state index in [0.29, 0.717) is 5.69 Å². The molecule has 4 aromatic rings. The molecule has 0 atom stereocenters. The molecule has 27 heavy (non-hydrogen) atoms. The molecule has 0 unspecified atom stereocenters. The summed E-state index contributed by atoms with van der Waals surface area (Å²) in [4.78, 5) is 0. The maximum Gasteiger partial charge on any atom is 0.122 e. The van der Waals surface area contributed by atoms with Gasteiger partial charge in [0.1, 0.15) is 5.75 Å². The second kappa shape index (κ2) is 7.00. The molecule has 0 aliphatic rings. The van der Waals surface area contributed by atoms with Gasteiger partial charge in [-0.1, -0.05) is 97.1 Å². The highest BCUT2D eigenvalue weighted by atomic mass is 16.3. The Morgan fingerprint density at radius 2 is 0.963 bits per heavy atom. The predicted molar refractivity (Wildman–Crippen MR) is 111 cm³/mol. The van der Waals surface area contributed by atoms with E-state index in [9.17, 15) is 5.11 Å². The molecule has 0 saturated heterocycles. The molecule has 2 nitrogen and oxygen atoms in total. The number of hydrogen-bond donors (Lipinski definition) is 2. The number of anilines is 1. The zero-order valence-electron chi connectivity index (χ0n) is 14.9. The number of phenolic OH excluding ortho intramolecular Hbond substituents is 1. The van der Waals surface area contributed by atoms with Gasteiger partial charge in [0.15, 0.2) is 0 Å². The largest absolute Gasteiger partial charge is 0.508 e. The topological polar surface area (TPSA) is 46.2 Å². The third-order valence-electron chi connectivity index (χ3n) is 5.05. The van der Waals surface area contributed by atoms with Gasteiger partial charge in [-0.2, -0.15) is 0 Å². The second-order valence-corrected chi connectivity index (χ2v) is 6.62. The van der Waals surface area contributed by atoms with Gasteiger partial charge in [-0.15, -0.1) is 0 Å². The lowest BCUT2D eigenvalue weighted by atomic mass is 9.65. The number of phenols is 1. The first-order chi connectivity index (χ1) is 13.2. The van der Waals surface area contributed by atoms with E-state index in [-0.39, 0.29) is 5.75 Å². The first kappa shape index (κ1) is 16.9. The van der Waals surface area contributed by atoms with E-state index in [1.54, 1.807) is 6.07 Å².